The molecule has 1 aromatic carbocycles. The highest BCUT2D eigenvalue weighted by Crippen LogP contribution is 2.21. The Hall–Kier alpha value is -1.44. The van der Waals surface area contributed by atoms with Crippen molar-refractivity contribution in [3.05, 3.63) is 29.8 Å². The molecule has 2 rings (SSSR count). The Morgan fingerprint density at radius 1 is 1.28 bits per heavy atom. The van der Waals surface area contributed by atoms with Crippen LogP contribution >= 0.6 is 0 Å². The summed E-state index contributed by atoms with van der Waals surface area (Å²) in [5.74, 6) is -0.962. The minimum atomic E-state index is -3.55. The summed E-state index contributed by atoms with van der Waals surface area (Å²) in [5.41, 5.74) is 0.546. The lowest BCUT2D eigenvalue weighted by molar-refractivity contribution is -0.136. The van der Waals surface area contributed by atoms with Crippen molar-refractivity contribution in [1.82, 2.24) is 4.31 Å². The van der Waals surface area contributed by atoms with Gasteiger partial charge < -0.3 is 10.2 Å². The fourth-order valence-electron chi connectivity index (χ4n) is 1.72. The lowest BCUT2D eigenvalue weighted by atomic mass is 10.2. The molecule has 1 fully saturated rings. The van der Waals surface area contributed by atoms with Gasteiger partial charge >= 0.3 is 5.97 Å². The molecule has 18 heavy (non-hydrogen) atoms. The highest BCUT2D eigenvalue weighted by Gasteiger charge is 2.35. The molecule has 1 aliphatic heterocycles. The van der Waals surface area contributed by atoms with Crippen LogP contribution in [-0.4, -0.2) is 48.1 Å². The van der Waals surface area contributed by atoms with Crippen LogP contribution in [0.25, 0.3) is 0 Å². The molecule has 0 aliphatic carbocycles. The predicted octanol–water partition coefficient (Wildman–Crippen LogP) is -0.321. The van der Waals surface area contributed by atoms with Gasteiger partial charge in [0.25, 0.3) is 0 Å². The van der Waals surface area contributed by atoms with E-state index in [1.807, 2.05) is 0 Å². The van der Waals surface area contributed by atoms with Crippen molar-refractivity contribution < 1.29 is 23.4 Å². The molecule has 1 heterocycles. The molecule has 2 N–H and O–H groups in total. The molecule has 0 radical (unpaired) electrons. The number of rotatable bonds is 4. The first kappa shape index (κ1) is 13.0. The van der Waals surface area contributed by atoms with Gasteiger partial charge in [-0.1, -0.05) is 12.1 Å². The molecule has 7 heteroatoms. The third kappa shape index (κ3) is 2.53. The van der Waals surface area contributed by atoms with Crippen LogP contribution in [0.4, 0.5) is 0 Å². The van der Waals surface area contributed by atoms with Gasteiger partial charge in [-0.2, -0.15) is 4.31 Å². The number of carboxylic acid groups (broad SMARTS) is 1. The number of aliphatic carboxylic acids is 1. The summed E-state index contributed by atoms with van der Waals surface area (Å²) in [6.07, 6.45) is -0.728. The second-order valence-corrected chi connectivity index (χ2v) is 6.13. The minimum Gasteiger partial charge on any atom is -0.481 e. The molecule has 0 amide bonds. The van der Waals surface area contributed by atoms with E-state index in [1.54, 1.807) is 0 Å². The number of hydrogen-bond donors (Lipinski definition) is 2. The van der Waals surface area contributed by atoms with Crippen LogP contribution in [0.3, 0.4) is 0 Å². The van der Waals surface area contributed by atoms with Gasteiger partial charge in [-0.15, -0.1) is 0 Å². The maximum Gasteiger partial charge on any atom is 0.307 e. The molecular weight excluding hydrogens is 258 g/mol. The lowest BCUT2D eigenvalue weighted by Gasteiger charge is -2.34. The van der Waals surface area contributed by atoms with Crippen molar-refractivity contribution in [2.75, 3.05) is 13.1 Å². The monoisotopic (exact) mass is 271 g/mol. The maximum atomic E-state index is 12.0. The molecule has 0 unspecified atom stereocenters. The molecule has 0 spiro atoms. The SMILES string of the molecule is O=C(O)Cc1ccc(S(=O)(=O)N2CC(O)C2)cc1. The van der Waals surface area contributed by atoms with Gasteiger partial charge in [0.15, 0.2) is 0 Å². The molecule has 1 aromatic rings. The topological polar surface area (TPSA) is 94.9 Å². The van der Waals surface area contributed by atoms with Crippen molar-refractivity contribution in [3.8, 4) is 0 Å². The normalized spacial score (nSPS) is 17.4. The van der Waals surface area contributed by atoms with E-state index in [0.717, 1.165) is 0 Å². The van der Waals surface area contributed by atoms with E-state index in [2.05, 4.69) is 0 Å². The molecule has 98 valence electrons. The van der Waals surface area contributed by atoms with Crippen LogP contribution in [-0.2, 0) is 21.2 Å². The number of β-amino-alcohol motifs (C(OH)–C–C–N with tert-alkyl or cyclic N) is 1. The summed E-state index contributed by atoms with van der Waals surface area (Å²) in [4.78, 5) is 10.6. The van der Waals surface area contributed by atoms with Crippen molar-refractivity contribution >= 4 is 16.0 Å². The Labute approximate surface area is 105 Å². The highest BCUT2D eigenvalue weighted by molar-refractivity contribution is 7.89. The van der Waals surface area contributed by atoms with Gasteiger partial charge in [-0.05, 0) is 17.7 Å². The first-order valence-electron chi connectivity index (χ1n) is 5.38. The fraction of sp³-hybridized carbons (Fsp3) is 0.364. The molecule has 0 atom stereocenters. The van der Waals surface area contributed by atoms with Gasteiger partial charge in [0.2, 0.25) is 10.0 Å². The van der Waals surface area contributed by atoms with E-state index in [4.69, 9.17) is 10.2 Å². The highest BCUT2D eigenvalue weighted by atomic mass is 32.2. The number of benzene rings is 1. The van der Waals surface area contributed by atoms with Gasteiger partial charge in [0.1, 0.15) is 0 Å². The van der Waals surface area contributed by atoms with Crippen LogP contribution in [0.15, 0.2) is 29.2 Å². The van der Waals surface area contributed by atoms with Crippen molar-refractivity contribution in [2.24, 2.45) is 0 Å². The van der Waals surface area contributed by atoms with Crippen LogP contribution in [0.5, 0.6) is 0 Å². The Bertz CT molecular complexity index is 545. The third-order valence-corrected chi connectivity index (χ3v) is 4.59. The van der Waals surface area contributed by atoms with E-state index in [9.17, 15) is 13.2 Å². The summed E-state index contributed by atoms with van der Waals surface area (Å²) in [7, 11) is -3.55. The summed E-state index contributed by atoms with van der Waals surface area (Å²) in [6.45, 7) is 0.221. The zero-order valence-corrected chi connectivity index (χ0v) is 10.3. The van der Waals surface area contributed by atoms with E-state index in [0.29, 0.717) is 5.56 Å². The quantitative estimate of drug-likeness (QED) is 0.782. The predicted molar refractivity (Wildman–Crippen MR) is 62.5 cm³/mol. The lowest BCUT2D eigenvalue weighted by Crippen LogP contribution is -2.53. The van der Waals surface area contributed by atoms with Crippen molar-refractivity contribution in [1.29, 1.82) is 0 Å². The van der Waals surface area contributed by atoms with Crippen LogP contribution in [0, 0.1) is 0 Å². The molecule has 1 saturated heterocycles. The smallest absolute Gasteiger partial charge is 0.307 e. The Kier molecular flexibility index (Phi) is 3.38. The zero-order valence-electron chi connectivity index (χ0n) is 9.48. The second kappa shape index (κ2) is 4.68. The number of carbonyl (C=O) groups is 1. The maximum absolute atomic E-state index is 12.0. The second-order valence-electron chi connectivity index (χ2n) is 4.19. The number of aliphatic hydroxyl groups is 1. The number of carboxylic acids is 1. The average Bonchev–Trinajstić information content (AvgIpc) is 2.24. The van der Waals surface area contributed by atoms with Crippen molar-refractivity contribution in [2.45, 2.75) is 17.4 Å². The Morgan fingerprint density at radius 2 is 1.83 bits per heavy atom. The molecule has 0 saturated carbocycles. The van der Waals surface area contributed by atoms with Crippen LogP contribution in [0.1, 0.15) is 5.56 Å². The summed E-state index contributed by atoms with van der Waals surface area (Å²) in [5, 5.41) is 17.7. The Morgan fingerprint density at radius 3 is 2.28 bits per heavy atom. The summed E-state index contributed by atoms with van der Waals surface area (Å²) < 4.78 is 25.2. The Balaban J connectivity index is 2.16. The third-order valence-electron chi connectivity index (χ3n) is 2.75. The molecule has 1 aliphatic rings. The van der Waals surface area contributed by atoms with E-state index >= 15 is 0 Å². The first-order valence-corrected chi connectivity index (χ1v) is 6.82. The molecular formula is C11H13NO5S. The molecule has 0 aromatic heterocycles. The summed E-state index contributed by atoms with van der Waals surface area (Å²) in [6, 6.07) is 5.74. The largest absolute Gasteiger partial charge is 0.481 e. The van der Waals surface area contributed by atoms with Crippen LogP contribution < -0.4 is 0 Å². The van der Waals surface area contributed by atoms with E-state index in [-0.39, 0.29) is 24.4 Å². The number of sulfonamides is 1. The average molecular weight is 271 g/mol. The number of nitrogens with zero attached hydrogens (tertiary/aromatic N) is 1. The first-order chi connectivity index (χ1) is 8.39. The van der Waals surface area contributed by atoms with Gasteiger partial charge in [0.05, 0.1) is 17.4 Å². The zero-order chi connectivity index (χ0) is 13.3. The van der Waals surface area contributed by atoms with Gasteiger partial charge in [0, 0.05) is 13.1 Å². The van der Waals surface area contributed by atoms with Gasteiger partial charge in [-0.25, -0.2) is 8.42 Å². The molecule has 0 bridgehead atoms. The number of aliphatic hydroxyl groups excluding tert-OH is 1. The molecule has 6 nitrogen and oxygen atoms in total. The number of hydrogen-bond acceptors (Lipinski definition) is 4. The van der Waals surface area contributed by atoms with E-state index in [1.165, 1.54) is 28.6 Å². The fourth-order valence-corrected chi connectivity index (χ4v) is 3.23. The van der Waals surface area contributed by atoms with E-state index < -0.39 is 22.1 Å². The standard InChI is InChI=1S/C11H13NO5S/c13-9-6-12(7-9)18(16,17)10-3-1-8(2-4-10)5-11(14)15/h1-4,9,13H,5-7H2,(H,14,15). The van der Waals surface area contributed by atoms with Crippen molar-refractivity contribution in [3.63, 3.8) is 0 Å². The van der Waals surface area contributed by atoms with Gasteiger partial charge in [-0.3, -0.25) is 4.79 Å². The minimum absolute atomic E-state index is 0.110. The van der Waals surface area contributed by atoms with Crippen LogP contribution in [0.2, 0.25) is 0 Å². The summed E-state index contributed by atoms with van der Waals surface area (Å²) >= 11 is 0.